The summed E-state index contributed by atoms with van der Waals surface area (Å²) in [5, 5.41) is 10.6. The maximum Gasteiger partial charge on any atom is 0.433 e. The van der Waals surface area contributed by atoms with E-state index in [1.807, 2.05) is 0 Å². The highest BCUT2D eigenvalue weighted by atomic mass is 32.2. The first-order valence-electron chi connectivity index (χ1n) is 8.87. The smallest absolute Gasteiger partial charge is 0.401 e. The summed E-state index contributed by atoms with van der Waals surface area (Å²) in [6, 6.07) is 5.95. The average molecular weight is 459 g/mol. The molecule has 1 fully saturated rings. The van der Waals surface area contributed by atoms with Crippen molar-refractivity contribution in [1.29, 1.82) is 0 Å². The summed E-state index contributed by atoms with van der Waals surface area (Å²) in [6.45, 7) is -0.131. The van der Waals surface area contributed by atoms with E-state index in [1.165, 1.54) is 17.0 Å². The van der Waals surface area contributed by atoms with E-state index in [4.69, 9.17) is 4.42 Å². The quantitative estimate of drug-likeness (QED) is 0.386. The number of carbonyl (C=O) groups is 1. The van der Waals surface area contributed by atoms with Gasteiger partial charge in [0.1, 0.15) is 10.7 Å². The molecule has 13 heteroatoms. The number of furan rings is 1. The number of hydrogen-bond acceptors (Lipinski definition) is 6. The molecule has 0 N–H and O–H groups in total. The fraction of sp³-hybridized carbons (Fsp3) is 0.278. The van der Waals surface area contributed by atoms with Crippen LogP contribution in [0.1, 0.15) is 11.3 Å². The number of hydrogen-bond donors (Lipinski definition) is 0. The van der Waals surface area contributed by atoms with Crippen LogP contribution in [0.2, 0.25) is 0 Å². The van der Waals surface area contributed by atoms with Crippen LogP contribution < -0.4 is 0 Å². The zero-order chi connectivity index (χ0) is 22.8. The molecule has 1 amide bonds. The molecule has 0 bridgehead atoms. The molecule has 0 aliphatic carbocycles. The van der Waals surface area contributed by atoms with E-state index >= 15 is 0 Å². The van der Waals surface area contributed by atoms with Crippen LogP contribution in [-0.2, 0) is 21.0 Å². The number of alkyl halides is 3. The van der Waals surface area contributed by atoms with Gasteiger partial charge in [0.05, 0.1) is 16.5 Å². The summed E-state index contributed by atoms with van der Waals surface area (Å²) in [7, 11) is -4.16. The molecule has 9 nitrogen and oxygen atoms in total. The molecule has 1 aliphatic heterocycles. The summed E-state index contributed by atoms with van der Waals surface area (Å²) in [6.07, 6.45) is -2.28. The van der Waals surface area contributed by atoms with Crippen LogP contribution in [0.3, 0.4) is 0 Å². The summed E-state index contributed by atoms with van der Waals surface area (Å²) in [5.41, 5.74) is -1.06. The van der Waals surface area contributed by atoms with E-state index < -0.39 is 43.4 Å². The molecule has 1 aromatic carbocycles. The largest absolute Gasteiger partial charge is 0.433 e. The lowest BCUT2D eigenvalue weighted by molar-refractivity contribution is -0.402. The first-order valence-corrected chi connectivity index (χ1v) is 10.3. The SMILES string of the molecule is O=C(C=Cc1ccc([N+](=O)[O-])o1)N1CCN(S(=O)(=O)c2cccc(C(F)(F)F)c2)CC1. The molecule has 0 atom stereocenters. The van der Waals surface area contributed by atoms with Crippen molar-refractivity contribution in [2.45, 2.75) is 11.1 Å². The van der Waals surface area contributed by atoms with Crippen molar-refractivity contribution in [3.05, 3.63) is 63.9 Å². The van der Waals surface area contributed by atoms with Crippen LogP contribution in [0.5, 0.6) is 0 Å². The van der Waals surface area contributed by atoms with Crippen molar-refractivity contribution < 1.29 is 35.7 Å². The lowest BCUT2D eigenvalue weighted by Crippen LogP contribution is -2.50. The van der Waals surface area contributed by atoms with Crippen LogP contribution in [0.4, 0.5) is 19.1 Å². The Bertz CT molecular complexity index is 1120. The Kier molecular flexibility index (Phi) is 6.18. The Morgan fingerprint density at radius 1 is 1.13 bits per heavy atom. The summed E-state index contributed by atoms with van der Waals surface area (Å²) < 4.78 is 69.9. The zero-order valence-corrected chi connectivity index (χ0v) is 16.6. The summed E-state index contributed by atoms with van der Waals surface area (Å²) >= 11 is 0. The van der Waals surface area contributed by atoms with Crippen molar-refractivity contribution in [1.82, 2.24) is 9.21 Å². The Balaban J connectivity index is 1.63. The predicted octanol–water partition coefficient (Wildman–Crippen LogP) is 2.75. The van der Waals surface area contributed by atoms with Gasteiger partial charge in [-0.1, -0.05) is 6.07 Å². The lowest BCUT2D eigenvalue weighted by atomic mass is 10.2. The number of nitrogens with zero attached hydrogens (tertiary/aromatic N) is 3. The van der Waals surface area contributed by atoms with E-state index in [9.17, 15) is 36.5 Å². The van der Waals surface area contributed by atoms with E-state index in [2.05, 4.69) is 0 Å². The number of piperazine rings is 1. The second-order valence-electron chi connectivity index (χ2n) is 6.52. The van der Waals surface area contributed by atoms with Gasteiger partial charge in [-0.15, -0.1) is 0 Å². The van der Waals surface area contributed by atoms with E-state index in [0.717, 1.165) is 34.6 Å². The Morgan fingerprint density at radius 3 is 2.39 bits per heavy atom. The van der Waals surface area contributed by atoms with Crippen LogP contribution in [0, 0.1) is 10.1 Å². The lowest BCUT2D eigenvalue weighted by Gasteiger charge is -2.33. The molecule has 3 rings (SSSR count). The van der Waals surface area contributed by atoms with Gasteiger partial charge >= 0.3 is 12.1 Å². The normalized spacial score (nSPS) is 16.0. The highest BCUT2D eigenvalue weighted by Crippen LogP contribution is 2.31. The average Bonchev–Trinajstić information content (AvgIpc) is 3.21. The van der Waals surface area contributed by atoms with Gasteiger partial charge in [-0.25, -0.2) is 8.42 Å². The van der Waals surface area contributed by atoms with Gasteiger partial charge in [0.25, 0.3) is 0 Å². The number of sulfonamides is 1. The minimum Gasteiger partial charge on any atom is -0.401 e. The minimum atomic E-state index is -4.67. The number of carbonyl (C=O) groups excluding carboxylic acids is 1. The molecule has 1 aromatic heterocycles. The topological polar surface area (TPSA) is 114 Å². The van der Waals surface area contributed by atoms with Gasteiger partial charge in [-0.2, -0.15) is 17.5 Å². The molecule has 31 heavy (non-hydrogen) atoms. The third-order valence-electron chi connectivity index (χ3n) is 4.53. The molecular formula is C18H16F3N3O6S. The van der Waals surface area contributed by atoms with Crippen molar-refractivity contribution in [2.75, 3.05) is 26.2 Å². The monoisotopic (exact) mass is 459 g/mol. The van der Waals surface area contributed by atoms with Crippen LogP contribution >= 0.6 is 0 Å². The fourth-order valence-corrected chi connectivity index (χ4v) is 4.39. The van der Waals surface area contributed by atoms with Gasteiger partial charge in [-0.05, 0) is 30.3 Å². The molecule has 2 heterocycles. The molecule has 1 aliphatic rings. The second-order valence-corrected chi connectivity index (χ2v) is 8.46. The summed E-state index contributed by atoms with van der Waals surface area (Å²) in [4.78, 5) is 23.0. The highest BCUT2D eigenvalue weighted by Gasteiger charge is 2.34. The molecule has 0 unspecified atom stereocenters. The third kappa shape index (κ3) is 5.11. The fourth-order valence-electron chi connectivity index (χ4n) is 2.92. The van der Waals surface area contributed by atoms with Crippen molar-refractivity contribution in [3.63, 3.8) is 0 Å². The Hall–Kier alpha value is -3.19. The van der Waals surface area contributed by atoms with Crippen LogP contribution in [0.15, 0.2) is 51.8 Å². The molecular weight excluding hydrogens is 443 g/mol. The van der Waals surface area contributed by atoms with E-state index in [1.54, 1.807) is 0 Å². The zero-order valence-electron chi connectivity index (χ0n) is 15.8. The molecule has 2 aromatic rings. The molecule has 166 valence electrons. The van der Waals surface area contributed by atoms with Crippen molar-refractivity contribution in [3.8, 4) is 0 Å². The molecule has 0 radical (unpaired) electrons. The molecule has 0 saturated carbocycles. The van der Waals surface area contributed by atoms with Gasteiger partial charge in [-0.3, -0.25) is 14.9 Å². The second kappa shape index (κ2) is 8.51. The maximum atomic E-state index is 12.9. The summed E-state index contributed by atoms with van der Waals surface area (Å²) in [5.74, 6) is -0.832. The number of rotatable bonds is 5. The first-order chi connectivity index (χ1) is 14.5. The molecule has 0 spiro atoms. The van der Waals surface area contributed by atoms with Crippen molar-refractivity contribution in [2.24, 2.45) is 0 Å². The molecule has 1 saturated heterocycles. The number of nitro groups is 1. The predicted molar refractivity (Wildman–Crippen MR) is 101 cm³/mol. The van der Waals surface area contributed by atoms with E-state index in [0.29, 0.717) is 6.07 Å². The van der Waals surface area contributed by atoms with Crippen LogP contribution in [-0.4, -0.2) is 54.6 Å². The first kappa shape index (κ1) is 22.5. The minimum absolute atomic E-state index is 0.0274. The van der Waals surface area contributed by atoms with E-state index in [-0.39, 0.29) is 31.9 Å². The Labute approximate surface area is 174 Å². The van der Waals surface area contributed by atoms with Gasteiger partial charge in [0.15, 0.2) is 0 Å². The maximum absolute atomic E-state index is 12.9. The van der Waals surface area contributed by atoms with Gasteiger partial charge in [0, 0.05) is 32.3 Å². The van der Waals surface area contributed by atoms with Crippen molar-refractivity contribution >= 4 is 27.9 Å². The number of halogens is 3. The highest BCUT2D eigenvalue weighted by molar-refractivity contribution is 7.89. The number of benzene rings is 1. The van der Waals surface area contributed by atoms with Gasteiger partial charge in [0.2, 0.25) is 15.9 Å². The van der Waals surface area contributed by atoms with Crippen LogP contribution in [0.25, 0.3) is 6.08 Å². The number of amides is 1. The van der Waals surface area contributed by atoms with Gasteiger partial charge < -0.3 is 9.32 Å². The third-order valence-corrected chi connectivity index (χ3v) is 6.43. The standard InChI is InChI=1S/C18H16F3N3O6S/c19-18(20,21)13-2-1-3-15(12-13)31(28,29)23-10-8-22(9-11-23)16(25)6-4-14-5-7-17(30-14)24(26)27/h1-7,12H,8-11H2. The Morgan fingerprint density at radius 2 is 1.81 bits per heavy atom.